The van der Waals surface area contributed by atoms with Crippen molar-refractivity contribution in [2.24, 2.45) is 0 Å². The van der Waals surface area contributed by atoms with Gasteiger partial charge in [-0.1, -0.05) is 24.3 Å². The fourth-order valence-electron chi connectivity index (χ4n) is 2.32. The molecule has 0 heterocycles. The summed E-state index contributed by atoms with van der Waals surface area (Å²) in [5, 5.41) is 18.9. The Morgan fingerprint density at radius 1 is 1.28 bits per heavy atom. The predicted molar refractivity (Wildman–Crippen MR) is 66.4 cm³/mol. The van der Waals surface area contributed by atoms with Crippen LogP contribution in [-0.2, 0) is 22.4 Å². The van der Waals surface area contributed by atoms with Gasteiger partial charge in [-0.25, -0.2) is 4.79 Å². The topological polar surface area (TPSA) is 66.8 Å². The lowest BCUT2D eigenvalue weighted by Crippen LogP contribution is -2.47. The Morgan fingerprint density at radius 2 is 1.78 bits per heavy atom. The molecule has 0 saturated heterocycles. The standard InChI is InChI=1S/C14H18O4/c1-9(15)10(2)18-14(13(16)17)7-11-5-3-4-6-12(11)8-14/h3-6,9-10,15H,7-8H2,1-2H3,(H,16,17). The van der Waals surface area contributed by atoms with E-state index < -0.39 is 23.8 Å². The van der Waals surface area contributed by atoms with Crippen molar-refractivity contribution < 1.29 is 19.7 Å². The molecule has 4 nitrogen and oxygen atoms in total. The van der Waals surface area contributed by atoms with E-state index in [-0.39, 0.29) is 0 Å². The zero-order valence-electron chi connectivity index (χ0n) is 10.6. The van der Waals surface area contributed by atoms with Gasteiger partial charge < -0.3 is 14.9 Å². The zero-order chi connectivity index (χ0) is 13.3. The molecular weight excluding hydrogens is 232 g/mol. The van der Waals surface area contributed by atoms with Crippen molar-refractivity contribution in [2.75, 3.05) is 0 Å². The van der Waals surface area contributed by atoms with Crippen LogP contribution < -0.4 is 0 Å². The molecule has 1 aromatic carbocycles. The van der Waals surface area contributed by atoms with E-state index in [2.05, 4.69) is 0 Å². The summed E-state index contributed by atoms with van der Waals surface area (Å²) in [7, 11) is 0. The molecule has 1 aliphatic carbocycles. The summed E-state index contributed by atoms with van der Waals surface area (Å²) in [5.74, 6) is -0.966. The Hall–Kier alpha value is -1.39. The largest absolute Gasteiger partial charge is 0.479 e. The van der Waals surface area contributed by atoms with E-state index in [0.29, 0.717) is 12.8 Å². The van der Waals surface area contributed by atoms with Crippen molar-refractivity contribution in [3.63, 3.8) is 0 Å². The summed E-state index contributed by atoms with van der Waals surface area (Å²) >= 11 is 0. The molecule has 2 N–H and O–H groups in total. The van der Waals surface area contributed by atoms with E-state index in [1.54, 1.807) is 13.8 Å². The lowest BCUT2D eigenvalue weighted by atomic mass is 9.99. The van der Waals surface area contributed by atoms with Crippen molar-refractivity contribution in [3.8, 4) is 0 Å². The minimum Gasteiger partial charge on any atom is -0.479 e. The summed E-state index contributed by atoms with van der Waals surface area (Å²) < 4.78 is 5.65. The van der Waals surface area contributed by atoms with Gasteiger partial charge in [0.05, 0.1) is 12.2 Å². The normalized spacial score (nSPS) is 20.2. The molecule has 0 saturated carbocycles. The number of carboxylic acids is 1. The fourth-order valence-corrected chi connectivity index (χ4v) is 2.32. The summed E-state index contributed by atoms with van der Waals surface area (Å²) in [4.78, 5) is 11.5. The third-order valence-electron chi connectivity index (χ3n) is 3.55. The summed E-state index contributed by atoms with van der Waals surface area (Å²) in [6.07, 6.45) is -0.481. The molecule has 1 aliphatic rings. The molecule has 1 aromatic rings. The highest BCUT2D eigenvalue weighted by Crippen LogP contribution is 2.34. The Balaban J connectivity index is 2.25. The number of rotatable bonds is 4. The molecule has 0 radical (unpaired) electrons. The molecule has 0 aliphatic heterocycles. The predicted octanol–water partition coefficient (Wildman–Crippen LogP) is 1.39. The maximum atomic E-state index is 11.5. The number of carboxylic acid groups (broad SMARTS) is 1. The molecule has 2 atom stereocenters. The molecule has 2 unspecified atom stereocenters. The molecule has 4 heteroatoms. The van der Waals surface area contributed by atoms with Crippen LogP contribution in [-0.4, -0.2) is 34.0 Å². The van der Waals surface area contributed by atoms with E-state index in [4.69, 9.17) is 4.74 Å². The number of fused-ring (bicyclic) bond motifs is 1. The van der Waals surface area contributed by atoms with Gasteiger partial charge in [0, 0.05) is 12.8 Å². The van der Waals surface area contributed by atoms with Crippen molar-refractivity contribution in [1.29, 1.82) is 0 Å². The van der Waals surface area contributed by atoms with Crippen LogP contribution in [0, 0.1) is 0 Å². The lowest BCUT2D eigenvalue weighted by molar-refractivity contribution is -0.178. The number of aliphatic hydroxyl groups excluding tert-OH is 1. The first kappa shape index (κ1) is 13.1. The van der Waals surface area contributed by atoms with E-state index in [1.165, 1.54) is 0 Å². The molecule has 0 aromatic heterocycles. The molecule has 0 spiro atoms. The minimum absolute atomic E-state index is 0.357. The number of ether oxygens (including phenoxy) is 1. The minimum atomic E-state index is -1.24. The number of aliphatic hydroxyl groups is 1. The van der Waals surface area contributed by atoms with Crippen LogP contribution in [0.25, 0.3) is 0 Å². The zero-order valence-corrected chi connectivity index (χ0v) is 10.6. The first-order chi connectivity index (χ1) is 8.44. The molecule has 0 amide bonds. The number of benzene rings is 1. The number of aliphatic carboxylic acids is 1. The monoisotopic (exact) mass is 250 g/mol. The SMILES string of the molecule is CC(O)C(C)OC1(C(=O)O)Cc2ccccc2C1. The highest BCUT2D eigenvalue weighted by atomic mass is 16.5. The molecule has 98 valence electrons. The van der Waals surface area contributed by atoms with Crippen LogP contribution in [0.5, 0.6) is 0 Å². The van der Waals surface area contributed by atoms with Gasteiger partial charge in [0.15, 0.2) is 5.60 Å². The van der Waals surface area contributed by atoms with Gasteiger partial charge in [0.25, 0.3) is 0 Å². The second-order valence-electron chi connectivity index (χ2n) is 4.99. The third kappa shape index (κ3) is 2.26. The van der Waals surface area contributed by atoms with Gasteiger partial charge in [-0.15, -0.1) is 0 Å². The highest BCUT2D eigenvalue weighted by molar-refractivity contribution is 5.80. The smallest absolute Gasteiger partial charge is 0.336 e. The van der Waals surface area contributed by atoms with Crippen LogP contribution in [0.4, 0.5) is 0 Å². The molecule has 0 bridgehead atoms. The van der Waals surface area contributed by atoms with Gasteiger partial charge in [-0.2, -0.15) is 0 Å². The fraction of sp³-hybridized carbons (Fsp3) is 0.500. The summed E-state index contributed by atoms with van der Waals surface area (Å²) in [5.41, 5.74) is 0.787. The third-order valence-corrected chi connectivity index (χ3v) is 3.55. The number of carbonyl (C=O) groups is 1. The second-order valence-corrected chi connectivity index (χ2v) is 4.99. The molecule has 18 heavy (non-hydrogen) atoms. The van der Waals surface area contributed by atoms with Gasteiger partial charge >= 0.3 is 5.97 Å². The van der Waals surface area contributed by atoms with Crippen molar-refractivity contribution in [3.05, 3.63) is 35.4 Å². The average molecular weight is 250 g/mol. The van der Waals surface area contributed by atoms with Crippen LogP contribution in [0.3, 0.4) is 0 Å². The first-order valence-corrected chi connectivity index (χ1v) is 6.11. The van der Waals surface area contributed by atoms with Crippen LogP contribution in [0.1, 0.15) is 25.0 Å². The quantitative estimate of drug-likeness (QED) is 0.847. The van der Waals surface area contributed by atoms with Crippen molar-refractivity contribution in [2.45, 2.75) is 44.5 Å². The second kappa shape index (κ2) is 4.71. The van der Waals surface area contributed by atoms with Crippen LogP contribution in [0.2, 0.25) is 0 Å². The summed E-state index contributed by atoms with van der Waals surface area (Å²) in [6, 6.07) is 7.65. The Morgan fingerprint density at radius 3 is 2.17 bits per heavy atom. The highest BCUT2D eigenvalue weighted by Gasteiger charge is 2.46. The van der Waals surface area contributed by atoms with E-state index in [1.807, 2.05) is 24.3 Å². The van der Waals surface area contributed by atoms with Crippen LogP contribution >= 0.6 is 0 Å². The molecular formula is C14H18O4. The van der Waals surface area contributed by atoms with E-state index >= 15 is 0 Å². The molecule has 2 rings (SSSR count). The Labute approximate surface area is 106 Å². The van der Waals surface area contributed by atoms with Crippen molar-refractivity contribution >= 4 is 5.97 Å². The average Bonchev–Trinajstić information content (AvgIpc) is 2.68. The molecule has 0 fully saturated rings. The van der Waals surface area contributed by atoms with E-state index in [0.717, 1.165) is 11.1 Å². The maximum Gasteiger partial charge on any atom is 0.336 e. The Bertz CT molecular complexity index is 428. The number of hydrogen-bond acceptors (Lipinski definition) is 3. The lowest BCUT2D eigenvalue weighted by Gasteiger charge is -2.29. The Kier molecular flexibility index (Phi) is 3.41. The van der Waals surface area contributed by atoms with Gasteiger partial charge in [0.1, 0.15) is 0 Å². The van der Waals surface area contributed by atoms with Crippen molar-refractivity contribution in [1.82, 2.24) is 0 Å². The number of hydrogen-bond donors (Lipinski definition) is 2. The first-order valence-electron chi connectivity index (χ1n) is 6.11. The van der Waals surface area contributed by atoms with Gasteiger partial charge in [-0.3, -0.25) is 0 Å². The van der Waals surface area contributed by atoms with Gasteiger partial charge in [0.2, 0.25) is 0 Å². The van der Waals surface area contributed by atoms with Crippen LogP contribution in [0.15, 0.2) is 24.3 Å². The van der Waals surface area contributed by atoms with Gasteiger partial charge in [-0.05, 0) is 25.0 Å². The summed E-state index contributed by atoms with van der Waals surface area (Å²) in [6.45, 7) is 3.29. The maximum absolute atomic E-state index is 11.5. The van der Waals surface area contributed by atoms with E-state index in [9.17, 15) is 15.0 Å².